The number of rotatable bonds is 4. The van der Waals surface area contributed by atoms with Gasteiger partial charge in [0.05, 0.1) is 0 Å². The van der Waals surface area contributed by atoms with Crippen molar-refractivity contribution in [2.75, 3.05) is 0 Å². The molecule has 0 aliphatic rings. The standard InChI is InChI=1S/C10H16N2/c1-3-4-6-9(2)10-11-7-5-8-12-10/h5,7-9H,3-4,6H2,1-2H3. The molecular weight excluding hydrogens is 148 g/mol. The summed E-state index contributed by atoms with van der Waals surface area (Å²) >= 11 is 0. The van der Waals surface area contributed by atoms with Gasteiger partial charge in [-0.25, -0.2) is 9.97 Å². The molecular formula is C10H16N2. The summed E-state index contributed by atoms with van der Waals surface area (Å²) in [6.07, 6.45) is 7.33. The first kappa shape index (κ1) is 9.17. The number of nitrogens with zero attached hydrogens (tertiary/aromatic N) is 2. The van der Waals surface area contributed by atoms with Gasteiger partial charge in [0.2, 0.25) is 0 Å². The maximum Gasteiger partial charge on any atom is 0.130 e. The van der Waals surface area contributed by atoms with Crippen LogP contribution in [-0.4, -0.2) is 9.97 Å². The van der Waals surface area contributed by atoms with Crippen LogP contribution >= 0.6 is 0 Å². The highest BCUT2D eigenvalue weighted by atomic mass is 14.9. The summed E-state index contributed by atoms with van der Waals surface area (Å²) in [6.45, 7) is 4.39. The van der Waals surface area contributed by atoms with Crippen LogP contribution in [-0.2, 0) is 0 Å². The van der Waals surface area contributed by atoms with Gasteiger partial charge in [0.1, 0.15) is 5.82 Å². The Morgan fingerprint density at radius 3 is 2.58 bits per heavy atom. The van der Waals surface area contributed by atoms with Crippen molar-refractivity contribution in [1.29, 1.82) is 0 Å². The molecule has 0 aromatic carbocycles. The summed E-state index contributed by atoms with van der Waals surface area (Å²) in [5, 5.41) is 0. The summed E-state index contributed by atoms with van der Waals surface area (Å²) in [7, 11) is 0. The molecule has 0 N–H and O–H groups in total. The van der Waals surface area contributed by atoms with Crippen LogP contribution in [0.2, 0.25) is 0 Å². The van der Waals surface area contributed by atoms with E-state index in [4.69, 9.17) is 0 Å². The number of hydrogen-bond acceptors (Lipinski definition) is 2. The fourth-order valence-corrected chi connectivity index (χ4v) is 1.20. The topological polar surface area (TPSA) is 25.8 Å². The normalized spacial score (nSPS) is 12.8. The van der Waals surface area contributed by atoms with E-state index in [0.29, 0.717) is 5.92 Å². The highest BCUT2D eigenvalue weighted by Gasteiger charge is 2.05. The van der Waals surface area contributed by atoms with Crippen molar-refractivity contribution in [1.82, 2.24) is 9.97 Å². The van der Waals surface area contributed by atoms with E-state index in [2.05, 4.69) is 23.8 Å². The number of unbranched alkanes of at least 4 members (excludes halogenated alkanes) is 1. The quantitative estimate of drug-likeness (QED) is 0.683. The van der Waals surface area contributed by atoms with E-state index in [0.717, 1.165) is 5.82 Å². The molecule has 1 rings (SSSR count). The molecule has 66 valence electrons. The molecule has 0 saturated carbocycles. The molecule has 0 aliphatic heterocycles. The smallest absolute Gasteiger partial charge is 0.130 e. The lowest BCUT2D eigenvalue weighted by atomic mass is 10.0. The van der Waals surface area contributed by atoms with E-state index < -0.39 is 0 Å². The van der Waals surface area contributed by atoms with Gasteiger partial charge in [0, 0.05) is 18.3 Å². The van der Waals surface area contributed by atoms with Crippen molar-refractivity contribution in [3.8, 4) is 0 Å². The summed E-state index contributed by atoms with van der Waals surface area (Å²) in [4.78, 5) is 8.44. The average Bonchev–Trinajstić information content (AvgIpc) is 2.15. The Morgan fingerprint density at radius 2 is 2.00 bits per heavy atom. The van der Waals surface area contributed by atoms with Crippen LogP contribution in [0.4, 0.5) is 0 Å². The maximum atomic E-state index is 4.22. The zero-order valence-corrected chi connectivity index (χ0v) is 7.83. The molecule has 2 heteroatoms. The van der Waals surface area contributed by atoms with Crippen molar-refractivity contribution in [3.63, 3.8) is 0 Å². The number of hydrogen-bond donors (Lipinski definition) is 0. The Kier molecular flexibility index (Phi) is 3.71. The second-order valence-electron chi connectivity index (χ2n) is 3.15. The molecule has 0 aliphatic carbocycles. The Bertz CT molecular complexity index is 208. The Labute approximate surface area is 74.1 Å². The van der Waals surface area contributed by atoms with Crippen LogP contribution in [0, 0.1) is 0 Å². The average molecular weight is 164 g/mol. The van der Waals surface area contributed by atoms with Crippen LogP contribution in [0.1, 0.15) is 44.9 Å². The second-order valence-corrected chi connectivity index (χ2v) is 3.15. The molecule has 1 heterocycles. The zero-order valence-electron chi connectivity index (χ0n) is 7.83. The second kappa shape index (κ2) is 4.86. The van der Waals surface area contributed by atoms with Gasteiger partial charge >= 0.3 is 0 Å². The van der Waals surface area contributed by atoms with Gasteiger partial charge < -0.3 is 0 Å². The summed E-state index contributed by atoms with van der Waals surface area (Å²) in [6, 6.07) is 1.86. The summed E-state index contributed by atoms with van der Waals surface area (Å²) in [5.74, 6) is 1.48. The summed E-state index contributed by atoms with van der Waals surface area (Å²) in [5.41, 5.74) is 0. The monoisotopic (exact) mass is 164 g/mol. The van der Waals surface area contributed by atoms with E-state index in [1.165, 1.54) is 19.3 Å². The van der Waals surface area contributed by atoms with Gasteiger partial charge in [0.25, 0.3) is 0 Å². The van der Waals surface area contributed by atoms with Gasteiger partial charge in [0.15, 0.2) is 0 Å². The summed E-state index contributed by atoms with van der Waals surface area (Å²) < 4.78 is 0. The Balaban J connectivity index is 2.48. The lowest BCUT2D eigenvalue weighted by Crippen LogP contribution is -1.99. The minimum absolute atomic E-state index is 0.506. The largest absolute Gasteiger partial charge is 0.241 e. The molecule has 1 aromatic heterocycles. The Morgan fingerprint density at radius 1 is 1.33 bits per heavy atom. The lowest BCUT2D eigenvalue weighted by molar-refractivity contribution is 0.595. The van der Waals surface area contributed by atoms with Gasteiger partial charge in [-0.15, -0.1) is 0 Å². The molecule has 0 spiro atoms. The molecule has 0 bridgehead atoms. The van der Waals surface area contributed by atoms with Crippen LogP contribution < -0.4 is 0 Å². The predicted molar refractivity (Wildman–Crippen MR) is 50.0 cm³/mol. The van der Waals surface area contributed by atoms with Crippen molar-refractivity contribution in [2.45, 2.75) is 39.0 Å². The van der Waals surface area contributed by atoms with Crippen molar-refractivity contribution >= 4 is 0 Å². The fourth-order valence-electron chi connectivity index (χ4n) is 1.20. The lowest BCUT2D eigenvalue weighted by Gasteiger charge is -2.07. The fraction of sp³-hybridized carbons (Fsp3) is 0.600. The maximum absolute atomic E-state index is 4.22. The zero-order chi connectivity index (χ0) is 8.81. The van der Waals surface area contributed by atoms with Crippen molar-refractivity contribution < 1.29 is 0 Å². The first-order valence-corrected chi connectivity index (χ1v) is 4.61. The third-order valence-electron chi connectivity index (χ3n) is 2.02. The van der Waals surface area contributed by atoms with Crippen LogP contribution in [0.5, 0.6) is 0 Å². The van der Waals surface area contributed by atoms with Crippen LogP contribution in [0.15, 0.2) is 18.5 Å². The molecule has 0 fully saturated rings. The van der Waals surface area contributed by atoms with Gasteiger partial charge in [-0.3, -0.25) is 0 Å². The highest BCUT2D eigenvalue weighted by molar-refractivity contribution is 4.94. The van der Waals surface area contributed by atoms with E-state index in [1.807, 2.05) is 18.5 Å². The molecule has 12 heavy (non-hydrogen) atoms. The van der Waals surface area contributed by atoms with Gasteiger partial charge in [-0.2, -0.15) is 0 Å². The van der Waals surface area contributed by atoms with Crippen molar-refractivity contribution in [3.05, 3.63) is 24.3 Å². The van der Waals surface area contributed by atoms with Gasteiger partial charge in [-0.05, 0) is 12.5 Å². The van der Waals surface area contributed by atoms with Crippen molar-refractivity contribution in [2.24, 2.45) is 0 Å². The van der Waals surface area contributed by atoms with E-state index in [9.17, 15) is 0 Å². The predicted octanol–water partition coefficient (Wildman–Crippen LogP) is 2.77. The molecule has 1 aromatic rings. The Hall–Kier alpha value is -0.920. The minimum Gasteiger partial charge on any atom is -0.241 e. The molecule has 0 amide bonds. The molecule has 2 nitrogen and oxygen atoms in total. The first-order valence-electron chi connectivity index (χ1n) is 4.61. The highest BCUT2D eigenvalue weighted by Crippen LogP contribution is 2.16. The van der Waals surface area contributed by atoms with E-state index in [-0.39, 0.29) is 0 Å². The first-order chi connectivity index (χ1) is 5.84. The molecule has 1 atom stereocenters. The SMILES string of the molecule is CCCCC(C)c1ncccn1. The minimum atomic E-state index is 0.506. The molecule has 1 unspecified atom stereocenters. The van der Waals surface area contributed by atoms with Crippen LogP contribution in [0.3, 0.4) is 0 Å². The van der Waals surface area contributed by atoms with E-state index in [1.54, 1.807) is 0 Å². The molecule has 0 saturated heterocycles. The molecule has 0 radical (unpaired) electrons. The third kappa shape index (κ3) is 2.61. The van der Waals surface area contributed by atoms with E-state index >= 15 is 0 Å². The van der Waals surface area contributed by atoms with Gasteiger partial charge in [-0.1, -0.05) is 26.7 Å². The number of aromatic nitrogens is 2. The van der Waals surface area contributed by atoms with Crippen LogP contribution in [0.25, 0.3) is 0 Å². The third-order valence-corrected chi connectivity index (χ3v) is 2.02.